The normalized spacial score (nSPS) is 19.8. The van der Waals surface area contributed by atoms with Crippen LogP contribution < -0.4 is 10.9 Å². The van der Waals surface area contributed by atoms with Crippen LogP contribution in [0.15, 0.2) is 11.0 Å². The van der Waals surface area contributed by atoms with Gasteiger partial charge in [-0.3, -0.25) is 4.79 Å². The first kappa shape index (κ1) is 13.4. The molecule has 0 bridgehead atoms. The third-order valence-corrected chi connectivity index (χ3v) is 3.50. The molecule has 0 radical (unpaired) electrons. The number of hydrogen-bond acceptors (Lipinski definition) is 4. The van der Waals surface area contributed by atoms with E-state index in [2.05, 4.69) is 10.4 Å². The molecule has 0 saturated carbocycles. The second-order valence-corrected chi connectivity index (χ2v) is 4.88. The van der Waals surface area contributed by atoms with Gasteiger partial charge in [-0.05, 0) is 25.7 Å². The number of aromatic nitrogens is 2. The maximum Gasteiger partial charge on any atom is 0.287 e. The summed E-state index contributed by atoms with van der Waals surface area (Å²) in [5.74, 6) is 0. The second-order valence-electron chi connectivity index (χ2n) is 4.51. The number of halogens is 1. The zero-order chi connectivity index (χ0) is 13.0. The number of nitrogens with zero attached hydrogens (tertiary/aromatic N) is 2. The Morgan fingerprint density at radius 3 is 3.17 bits per heavy atom. The highest BCUT2D eigenvalue weighted by atomic mass is 35.5. The van der Waals surface area contributed by atoms with Gasteiger partial charge < -0.3 is 10.1 Å². The molecule has 0 spiro atoms. The zero-order valence-electron chi connectivity index (χ0n) is 10.5. The molecule has 2 rings (SSSR count). The van der Waals surface area contributed by atoms with E-state index in [1.165, 1.54) is 11.1 Å². The van der Waals surface area contributed by atoms with Crippen molar-refractivity contribution in [1.29, 1.82) is 0 Å². The summed E-state index contributed by atoms with van der Waals surface area (Å²) in [4.78, 5) is 11.6. The Morgan fingerprint density at radius 1 is 1.61 bits per heavy atom. The number of aryl methyl sites for hydroxylation is 1. The Hall–Kier alpha value is -1.07. The molecule has 18 heavy (non-hydrogen) atoms. The van der Waals surface area contributed by atoms with E-state index < -0.39 is 0 Å². The Labute approximate surface area is 111 Å². The van der Waals surface area contributed by atoms with E-state index in [1.807, 2.05) is 0 Å². The summed E-state index contributed by atoms with van der Waals surface area (Å²) < 4.78 is 6.85. The fourth-order valence-corrected chi connectivity index (χ4v) is 2.27. The number of anilines is 1. The molecule has 100 valence electrons. The molecule has 1 saturated heterocycles. The Balaban J connectivity index is 1.86. The molecule has 5 nitrogen and oxygen atoms in total. The minimum atomic E-state index is -0.282. The lowest BCUT2D eigenvalue weighted by atomic mass is 10.1. The predicted molar refractivity (Wildman–Crippen MR) is 71.2 cm³/mol. The topological polar surface area (TPSA) is 56.1 Å². The van der Waals surface area contributed by atoms with Crippen molar-refractivity contribution < 1.29 is 4.74 Å². The van der Waals surface area contributed by atoms with Crippen molar-refractivity contribution in [2.75, 3.05) is 18.5 Å². The smallest absolute Gasteiger partial charge is 0.287 e. The van der Waals surface area contributed by atoms with Gasteiger partial charge in [-0.2, -0.15) is 5.10 Å². The molecule has 1 fully saturated rings. The Kier molecular flexibility index (Phi) is 4.60. The molecule has 1 aromatic rings. The van der Waals surface area contributed by atoms with E-state index in [1.54, 1.807) is 13.2 Å². The van der Waals surface area contributed by atoms with E-state index >= 15 is 0 Å². The third-order valence-electron chi connectivity index (χ3n) is 3.13. The highest BCUT2D eigenvalue weighted by Crippen LogP contribution is 2.18. The summed E-state index contributed by atoms with van der Waals surface area (Å²) in [6.07, 6.45) is 6.33. The van der Waals surface area contributed by atoms with Gasteiger partial charge in [0.05, 0.1) is 18.0 Å². The van der Waals surface area contributed by atoms with Crippen LogP contribution in [0.1, 0.15) is 25.7 Å². The monoisotopic (exact) mass is 271 g/mol. The van der Waals surface area contributed by atoms with E-state index in [0.29, 0.717) is 11.8 Å². The van der Waals surface area contributed by atoms with Crippen molar-refractivity contribution >= 4 is 17.3 Å². The van der Waals surface area contributed by atoms with E-state index in [0.717, 1.165) is 32.4 Å². The first-order chi connectivity index (χ1) is 8.68. The molecular formula is C12H18ClN3O2. The zero-order valence-corrected chi connectivity index (χ0v) is 11.2. The predicted octanol–water partition coefficient (Wildman–Crippen LogP) is 1.80. The number of nitrogens with one attached hydrogen (secondary N) is 1. The molecule has 1 N–H and O–H groups in total. The summed E-state index contributed by atoms with van der Waals surface area (Å²) in [6, 6.07) is 0. The maximum absolute atomic E-state index is 11.6. The molecule has 2 heterocycles. The second kappa shape index (κ2) is 6.20. The van der Waals surface area contributed by atoms with Gasteiger partial charge in [0, 0.05) is 20.2 Å². The van der Waals surface area contributed by atoms with Crippen molar-refractivity contribution in [3.05, 3.63) is 21.6 Å². The fourth-order valence-electron chi connectivity index (χ4n) is 2.04. The lowest BCUT2D eigenvalue weighted by Crippen LogP contribution is -2.24. The van der Waals surface area contributed by atoms with Gasteiger partial charge in [-0.1, -0.05) is 11.6 Å². The molecule has 1 aliphatic heterocycles. The Morgan fingerprint density at radius 2 is 2.44 bits per heavy atom. The molecule has 0 amide bonds. The average Bonchev–Trinajstić information content (AvgIpc) is 2.40. The summed E-state index contributed by atoms with van der Waals surface area (Å²) in [7, 11) is 1.58. The van der Waals surface area contributed by atoms with Gasteiger partial charge in [0.2, 0.25) is 0 Å². The SMILES string of the molecule is Cn1ncc(NCCC2CCCCO2)c(Cl)c1=O. The van der Waals surface area contributed by atoms with Crippen LogP contribution in [-0.2, 0) is 11.8 Å². The van der Waals surface area contributed by atoms with Crippen LogP contribution in [0.2, 0.25) is 5.02 Å². The van der Waals surface area contributed by atoms with Gasteiger partial charge in [0.15, 0.2) is 0 Å². The molecule has 6 heteroatoms. The van der Waals surface area contributed by atoms with Crippen LogP contribution in [0.4, 0.5) is 5.69 Å². The van der Waals surface area contributed by atoms with Crippen LogP contribution in [0.3, 0.4) is 0 Å². The minimum Gasteiger partial charge on any atom is -0.382 e. The van der Waals surface area contributed by atoms with Crippen molar-refractivity contribution in [2.24, 2.45) is 7.05 Å². The lowest BCUT2D eigenvalue weighted by Gasteiger charge is -2.22. The summed E-state index contributed by atoms with van der Waals surface area (Å²) in [5, 5.41) is 7.26. The largest absolute Gasteiger partial charge is 0.382 e. The highest BCUT2D eigenvalue weighted by molar-refractivity contribution is 6.32. The standard InChI is InChI=1S/C12H18ClN3O2/c1-16-12(17)11(13)10(8-15-16)14-6-5-9-4-2-3-7-18-9/h8-9,14H,2-7H2,1H3. The van der Waals surface area contributed by atoms with Crippen LogP contribution in [0.5, 0.6) is 0 Å². The average molecular weight is 272 g/mol. The first-order valence-electron chi connectivity index (χ1n) is 6.26. The Bertz CT molecular complexity index is 455. The van der Waals surface area contributed by atoms with Crippen LogP contribution in [-0.4, -0.2) is 29.0 Å². The number of ether oxygens (including phenoxy) is 1. The highest BCUT2D eigenvalue weighted by Gasteiger charge is 2.13. The molecule has 1 aliphatic rings. The van der Waals surface area contributed by atoms with Gasteiger partial charge in [-0.25, -0.2) is 4.68 Å². The summed E-state index contributed by atoms with van der Waals surface area (Å²) in [5.41, 5.74) is 0.311. The third kappa shape index (κ3) is 3.23. The molecular weight excluding hydrogens is 254 g/mol. The van der Waals surface area contributed by atoms with Gasteiger partial charge in [-0.15, -0.1) is 0 Å². The number of hydrogen-bond donors (Lipinski definition) is 1. The van der Waals surface area contributed by atoms with E-state index in [4.69, 9.17) is 16.3 Å². The van der Waals surface area contributed by atoms with Crippen molar-refractivity contribution in [3.8, 4) is 0 Å². The summed E-state index contributed by atoms with van der Waals surface area (Å²) >= 11 is 5.95. The molecule has 0 aliphatic carbocycles. The molecule has 1 aromatic heterocycles. The van der Waals surface area contributed by atoms with Crippen molar-refractivity contribution in [1.82, 2.24) is 9.78 Å². The quantitative estimate of drug-likeness (QED) is 0.907. The van der Waals surface area contributed by atoms with Crippen molar-refractivity contribution in [3.63, 3.8) is 0 Å². The van der Waals surface area contributed by atoms with Crippen molar-refractivity contribution in [2.45, 2.75) is 31.8 Å². The number of rotatable bonds is 4. The van der Waals surface area contributed by atoms with E-state index in [9.17, 15) is 4.79 Å². The molecule has 1 atom stereocenters. The van der Waals surface area contributed by atoms with Crippen LogP contribution in [0, 0.1) is 0 Å². The molecule has 0 aromatic carbocycles. The maximum atomic E-state index is 11.6. The van der Waals surface area contributed by atoms with E-state index in [-0.39, 0.29) is 10.6 Å². The fraction of sp³-hybridized carbons (Fsp3) is 0.667. The van der Waals surface area contributed by atoms with Gasteiger partial charge in [0.1, 0.15) is 5.02 Å². The van der Waals surface area contributed by atoms with Gasteiger partial charge >= 0.3 is 0 Å². The summed E-state index contributed by atoms with van der Waals surface area (Å²) in [6.45, 7) is 1.60. The molecule has 1 unspecified atom stereocenters. The minimum absolute atomic E-state index is 0.192. The van der Waals surface area contributed by atoms with Crippen LogP contribution in [0.25, 0.3) is 0 Å². The lowest BCUT2D eigenvalue weighted by molar-refractivity contribution is 0.0134. The van der Waals surface area contributed by atoms with Gasteiger partial charge in [0.25, 0.3) is 5.56 Å². The van der Waals surface area contributed by atoms with Crippen LogP contribution >= 0.6 is 11.6 Å². The first-order valence-corrected chi connectivity index (χ1v) is 6.63.